The molecule has 2 N–H and O–H groups in total. The predicted molar refractivity (Wildman–Crippen MR) is 96.5 cm³/mol. The molecule has 5 rings (SSSR count). The zero-order valence-electron chi connectivity index (χ0n) is 17.1. The van der Waals surface area contributed by atoms with Gasteiger partial charge in [0, 0.05) is 24.2 Å². The normalized spacial score (nSPS) is 34.0. The van der Waals surface area contributed by atoms with Crippen molar-refractivity contribution in [3.05, 3.63) is 48.6 Å². The van der Waals surface area contributed by atoms with Gasteiger partial charge in [0.05, 0.1) is 28.4 Å². The number of methoxy groups -OCH3 is 1. The molecule has 0 saturated carbocycles. The highest BCUT2D eigenvalue weighted by molar-refractivity contribution is 5.83. The highest BCUT2D eigenvalue weighted by atomic mass is 16.5. The molecule has 3 saturated heterocycles. The molecule has 5 heteroatoms. The maximum Gasteiger partial charge on any atom is 0.119 e. The standard InChI is InChI=1S/C20H24N2O3/c1-3-20(24)12-22-9-7-13(20)10-18(22)19(23)15-6-8-21-17-5-4-14(25-2)11-16(15)17/h3-6,8,11,13,18-19,23-24H,1,7,9-10,12H2,2H3/t13-,18-,19+,20-/m0/s1/i1D2,3D. The van der Waals surface area contributed by atoms with Gasteiger partial charge in [0.15, 0.2) is 0 Å². The number of hydrogen-bond acceptors (Lipinski definition) is 5. The van der Waals surface area contributed by atoms with Crippen LogP contribution >= 0.6 is 0 Å². The molecule has 132 valence electrons. The van der Waals surface area contributed by atoms with Crippen LogP contribution in [0.5, 0.6) is 5.75 Å². The van der Waals surface area contributed by atoms with Crippen LogP contribution in [0.15, 0.2) is 43.0 Å². The lowest BCUT2D eigenvalue weighted by molar-refractivity contribution is -0.127. The van der Waals surface area contributed by atoms with Crippen molar-refractivity contribution in [1.82, 2.24) is 9.88 Å². The number of aromatic nitrogens is 1. The van der Waals surface area contributed by atoms with E-state index < -0.39 is 18.2 Å². The molecular formula is C20H24N2O3. The number of hydrogen-bond donors (Lipinski definition) is 2. The van der Waals surface area contributed by atoms with Gasteiger partial charge in [-0.15, -0.1) is 6.53 Å². The van der Waals surface area contributed by atoms with Gasteiger partial charge >= 0.3 is 0 Å². The Balaban J connectivity index is 1.67. The van der Waals surface area contributed by atoms with Crippen LogP contribution in [0.25, 0.3) is 10.9 Å². The average Bonchev–Trinajstić information content (AvgIpc) is 2.72. The largest absolute Gasteiger partial charge is 0.497 e. The minimum absolute atomic E-state index is 0.159. The number of rotatable bonds is 4. The summed E-state index contributed by atoms with van der Waals surface area (Å²) < 4.78 is 28.2. The number of aliphatic hydroxyl groups excluding tert-OH is 1. The smallest absolute Gasteiger partial charge is 0.119 e. The first-order chi connectivity index (χ1) is 13.3. The van der Waals surface area contributed by atoms with E-state index in [1.165, 1.54) is 0 Å². The topological polar surface area (TPSA) is 65.8 Å². The number of benzene rings is 1. The summed E-state index contributed by atoms with van der Waals surface area (Å²) in [6.07, 6.45) is 2.08. The van der Waals surface area contributed by atoms with E-state index in [2.05, 4.69) is 4.98 Å². The molecule has 1 unspecified atom stereocenters. The van der Waals surface area contributed by atoms with Gasteiger partial charge in [0.25, 0.3) is 0 Å². The third-order valence-corrected chi connectivity index (χ3v) is 5.76. The van der Waals surface area contributed by atoms with Crippen molar-refractivity contribution in [2.45, 2.75) is 30.6 Å². The summed E-state index contributed by atoms with van der Waals surface area (Å²) in [6, 6.07) is 6.82. The van der Waals surface area contributed by atoms with Crippen LogP contribution in [0, 0.1) is 5.92 Å². The summed E-state index contributed by atoms with van der Waals surface area (Å²) in [7, 11) is 1.60. The van der Waals surface area contributed by atoms with Crippen LogP contribution in [0.1, 0.15) is 28.6 Å². The van der Waals surface area contributed by atoms with Crippen molar-refractivity contribution in [2.24, 2.45) is 5.92 Å². The SMILES string of the molecule is [2H]C([2H])=C([2H])[C@]1(O)CN2CC[C@H]1C[C@H]2[C@H](O)c1ccnc2ccc(OC)cc12. The monoisotopic (exact) mass is 343 g/mol. The number of nitrogens with zero attached hydrogens (tertiary/aromatic N) is 2. The van der Waals surface area contributed by atoms with Crippen molar-refractivity contribution >= 4 is 10.9 Å². The Hall–Kier alpha value is -1.95. The Kier molecular flexibility index (Phi) is 3.24. The summed E-state index contributed by atoms with van der Waals surface area (Å²) in [5, 5.41) is 23.0. The molecule has 0 aliphatic carbocycles. The van der Waals surface area contributed by atoms with Gasteiger partial charge in [-0.3, -0.25) is 9.88 Å². The molecule has 0 spiro atoms. The highest BCUT2D eigenvalue weighted by Gasteiger charge is 2.49. The zero-order chi connectivity index (χ0) is 20.1. The number of fused-ring (bicyclic) bond motifs is 4. The van der Waals surface area contributed by atoms with Crippen molar-refractivity contribution in [3.63, 3.8) is 0 Å². The van der Waals surface area contributed by atoms with Gasteiger partial charge in [-0.1, -0.05) is 6.05 Å². The maximum atomic E-state index is 11.2. The van der Waals surface area contributed by atoms with E-state index in [0.29, 0.717) is 25.1 Å². The van der Waals surface area contributed by atoms with Gasteiger partial charge < -0.3 is 14.9 Å². The molecule has 3 aliphatic rings. The van der Waals surface area contributed by atoms with E-state index in [-0.39, 0.29) is 24.6 Å². The molecule has 0 amide bonds. The first kappa shape index (κ1) is 13.3. The van der Waals surface area contributed by atoms with Gasteiger partial charge in [0.1, 0.15) is 5.75 Å². The Morgan fingerprint density at radius 2 is 2.44 bits per heavy atom. The van der Waals surface area contributed by atoms with Crippen LogP contribution in [-0.2, 0) is 0 Å². The molecule has 1 aromatic carbocycles. The van der Waals surface area contributed by atoms with Gasteiger partial charge in [-0.05, 0) is 55.1 Å². The first-order valence-corrected chi connectivity index (χ1v) is 8.57. The van der Waals surface area contributed by atoms with E-state index in [1.54, 1.807) is 13.3 Å². The van der Waals surface area contributed by atoms with Crippen LogP contribution in [0.2, 0.25) is 0 Å². The average molecular weight is 343 g/mol. The van der Waals surface area contributed by atoms with E-state index in [9.17, 15) is 10.2 Å². The fourth-order valence-electron chi connectivity index (χ4n) is 4.32. The van der Waals surface area contributed by atoms with Crippen molar-refractivity contribution in [2.75, 3.05) is 20.2 Å². The number of pyridine rings is 1. The van der Waals surface area contributed by atoms with Gasteiger partial charge in [-0.2, -0.15) is 0 Å². The van der Waals surface area contributed by atoms with Crippen molar-refractivity contribution < 1.29 is 19.1 Å². The fourth-order valence-corrected chi connectivity index (χ4v) is 4.32. The second kappa shape index (κ2) is 6.09. The van der Waals surface area contributed by atoms with E-state index >= 15 is 0 Å². The third kappa shape index (κ3) is 2.63. The Bertz CT molecular complexity index is 934. The summed E-state index contributed by atoms with van der Waals surface area (Å²) in [5.74, 6) is 0.439. The van der Waals surface area contributed by atoms with Crippen LogP contribution in [0.4, 0.5) is 0 Å². The second-order valence-electron chi connectivity index (χ2n) is 7.04. The number of piperidine rings is 3. The quantitative estimate of drug-likeness (QED) is 0.834. The Morgan fingerprint density at radius 3 is 3.16 bits per heavy atom. The predicted octanol–water partition coefficient (Wildman–Crippen LogP) is 2.29. The molecule has 1 aromatic heterocycles. The molecular weight excluding hydrogens is 316 g/mol. The minimum atomic E-state index is -1.49. The number of ether oxygens (including phenoxy) is 1. The van der Waals surface area contributed by atoms with E-state index in [4.69, 9.17) is 8.85 Å². The summed E-state index contributed by atoms with van der Waals surface area (Å²) in [5.41, 5.74) is 0.0409. The molecule has 2 aromatic rings. The molecule has 2 bridgehead atoms. The van der Waals surface area contributed by atoms with Gasteiger partial charge in [0.2, 0.25) is 0 Å². The zero-order valence-corrected chi connectivity index (χ0v) is 14.1. The maximum absolute atomic E-state index is 11.2. The lowest BCUT2D eigenvalue weighted by atomic mass is 9.71. The second-order valence-corrected chi connectivity index (χ2v) is 7.04. The van der Waals surface area contributed by atoms with Crippen LogP contribution in [-0.4, -0.2) is 51.9 Å². The third-order valence-electron chi connectivity index (χ3n) is 5.76. The first-order valence-electron chi connectivity index (χ1n) is 10.1. The van der Waals surface area contributed by atoms with Gasteiger partial charge in [-0.25, -0.2) is 0 Å². The molecule has 5 nitrogen and oxygen atoms in total. The van der Waals surface area contributed by atoms with Crippen LogP contribution in [0.3, 0.4) is 0 Å². The molecule has 3 aliphatic heterocycles. The molecule has 3 fully saturated rings. The summed E-state index contributed by atoms with van der Waals surface area (Å²) >= 11 is 0. The molecule has 25 heavy (non-hydrogen) atoms. The number of aliphatic hydroxyl groups is 2. The van der Waals surface area contributed by atoms with Crippen LogP contribution < -0.4 is 4.74 Å². The fraction of sp³-hybridized carbons (Fsp3) is 0.450. The van der Waals surface area contributed by atoms with E-state index in [1.807, 2.05) is 29.2 Å². The highest BCUT2D eigenvalue weighted by Crippen LogP contribution is 2.44. The summed E-state index contributed by atoms with van der Waals surface area (Å²) in [6.45, 7) is 0.214. The Morgan fingerprint density at radius 1 is 1.56 bits per heavy atom. The van der Waals surface area contributed by atoms with Crippen molar-refractivity contribution in [3.8, 4) is 5.75 Å². The molecule has 4 heterocycles. The Labute approximate surface area is 151 Å². The lowest BCUT2D eigenvalue weighted by Gasteiger charge is -2.54. The molecule has 0 radical (unpaired) electrons. The van der Waals surface area contributed by atoms with E-state index in [0.717, 1.165) is 16.5 Å². The summed E-state index contributed by atoms with van der Waals surface area (Å²) in [4.78, 5) is 6.35. The molecule has 5 atom stereocenters. The van der Waals surface area contributed by atoms with Crippen molar-refractivity contribution in [1.29, 1.82) is 0 Å². The lowest BCUT2D eigenvalue weighted by Crippen LogP contribution is -2.63. The minimum Gasteiger partial charge on any atom is -0.497 e.